The Labute approximate surface area is 142 Å². The van der Waals surface area contributed by atoms with Crippen molar-refractivity contribution in [1.82, 2.24) is 9.80 Å². The van der Waals surface area contributed by atoms with Crippen molar-refractivity contribution in [2.75, 3.05) is 26.2 Å². The molecule has 130 valence electrons. The number of rotatable bonds is 2. The van der Waals surface area contributed by atoms with Gasteiger partial charge in [0, 0.05) is 32.1 Å². The highest BCUT2D eigenvalue weighted by Crippen LogP contribution is 2.24. The average Bonchev–Trinajstić information content (AvgIpc) is 2.61. The first-order valence-electron chi connectivity index (χ1n) is 8.89. The molecule has 1 atom stereocenters. The fraction of sp³-hybridized carbons (Fsp3) is 0.579. The molecule has 2 saturated heterocycles. The number of amides is 2. The van der Waals surface area contributed by atoms with Gasteiger partial charge in [-0.25, -0.2) is 4.39 Å². The molecule has 0 bridgehead atoms. The van der Waals surface area contributed by atoms with Crippen LogP contribution < -0.4 is 0 Å². The van der Waals surface area contributed by atoms with Gasteiger partial charge < -0.3 is 9.80 Å². The van der Waals surface area contributed by atoms with Crippen LogP contribution in [0.1, 0.15) is 43.0 Å². The molecule has 0 aromatic heterocycles. The summed E-state index contributed by atoms with van der Waals surface area (Å²) < 4.78 is 13.8. The van der Waals surface area contributed by atoms with E-state index in [1.54, 1.807) is 17.0 Å². The number of carbonyl (C=O) groups is 2. The molecule has 1 aromatic carbocycles. The van der Waals surface area contributed by atoms with Gasteiger partial charge in [-0.2, -0.15) is 0 Å². The Morgan fingerprint density at radius 3 is 2.42 bits per heavy atom. The molecule has 3 rings (SSSR count). The normalized spacial score (nSPS) is 22.5. The minimum Gasteiger partial charge on any atom is -0.342 e. The van der Waals surface area contributed by atoms with Crippen LogP contribution in [0.3, 0.4) is 0 Å². The van der Waals surface area contributed by atoms with Gasteiger partial charge in [0.25, 0.3) is 5.91 Å². The third kappa shape index (κ3) is 3.60. The maximum Gasteiger partial charge on any atom is 0.256 e. The summed E-state index contributed by atoms with van der Waals surface area (Å²) >= 11 is 0. The van der Waals surface area contributed by atoms with E-state index >= 15 is 0 Å². The second-order valence-corrected chi connectivity index (χ2v) is 7.08. The topological polar surface area (TPSA) is 40.6 Å². The molecule has 1 aromatic rings. The number of likely N-dealkylation sites (tertiary alicyclic amines) is 2. The predicted molar refractivity (Wildman–Crippen MR) is 90.0 cm³/mol. The van der Waals surface area contributed by atoms with Crippen LogP contribution in [0.25, 0.3) is 0 Å². The second-order valence-electron chi connectivity index (χ2n) is 7.08. The number of piperidine rings is 2. The third-order valence-electron chi connectivity index (χ3n) is 5.20. The molecule has 2 aliphatic rings. The van der Waals surface area contributed by atoms with Gasteiger partial charge in [0.05, 0.1) is 5.56 Å². The number of hydrogen-bond acceptors (Lipinski definition) is 2. The van der Waals surface area contributed by atoms with Crippen molar-refractivity contribution in [3.8, 4) is 0 Å². The molecule has 0 aliphatic carbocycles. The molecule has 2 fully saturated rings. The van der Waals surface area contributed by atoms with Crippen molar-refractivity contribution < 1.29 is 14.0 Å². The molecule has 0 saturated carbocycles. The molecule has 0 radical (unpaired) electrons. The second kappa shape index (κ2) is 7.32. The van der Waals surface area contributed by atoms with Crippen molar-refractivity contribution in [1.29, 1.82) is 0 Å². The quantitative estimate of drug-likeness (QED) is 0.835. The van der Waals surface area contributed by atoms with E-state index in [2.05, 4.69) is 6.92 Å². The molecular formula is C19H25FN2O2. The van der Waals surface area contributed by atoms with E-state index in [-0.39, 0.29) is 23.3 Å². The van der Waals surface area contributed by atoms with Gasteiger partial charge >= 0.3 is 0 Å². The Morgan fingerprint density at radius 2 is 1.75 bits per heavy atom. The zero-order valence-corrected chi connectivity index (χ0v) is 14.2. The minimum atomic E-state index is -0.483. The molecule has 4 nitrogen and oxygen atoms in total. The first kappa shape index (κ1) is 16.9. The Balaban J connectivity index is 1.56. The monoisotopic (exact) mass is 332 g/mol. The SMILES string of the molecule is CC1CCCN(C(=O)C2CCN(C(=O)c3ccccc3F)CC2)C1. The number of halogens is 1. The largest absolute Gasteiger partial charge is 0.342 e. The summed E-state index contributed by atoms with van der Waals surface area (Å²) in [5.41, 5.74) is 0.118. The Hall–Kier alpha value is -1.91. The van der Waals surface area contributed by atoms with E-state index in [0.29, 0.717) is 31.8 Å². The average molecular weight is 332 g/mol. The molecule has 2 heterocycles. The summed E-state index contributed by atoms with van der Waals surface area (Å²) in [5, 5.41) is 0. The lowest BCUT2D eigenvalue weighted by Gasteiger charge is -2.37. The van der Waals surface area contributed by atoms with Crippen molar-refractivity contribution >= 4 is 11.8 Å². The smallest absolute Gasteiger partial charge is 0.256 e. The predicted octanol–water partition coefficient (Wildman–Crippen LogP) is 2.94. The highest BCUT2D eigenvalue weighted by molar-refractivity contribution is 5.94. The fourth-order valence-electron chi connectivity index (χ4n) is 3.78. The molecule has 5 heteroatoms. The summed E-state index contributed by atoms with van der Waals surface area (Å²) in [6.07, 6.45) is 3.62. The Kier molecular flexibility index (Phi) is 5.17. The van der Waals surface area contributed by atoms with Crippen LogP contribution >= 0.6 is 0 Å². The van der Waals surface area contributed by atoms with Crippen LogP contribution in [-0.4, -0.2) is 47.8 Å². The highest BCUT2D eigenvalue weighted by Gasteiger charge is 2.32. The summed E-state index contributed by atoms with van der Waals surface area (Å²) in [4.78, 5) is 28.8. The van der Waals surface area contributed by atoms with Gasteiger partial charge in [0.1, 0.15) is 5.82 Å². The maximum absolute atomic E-state index is 13.8. The van der Waals surface area contributed by atoms with Gasteiger partial charge in [0.2, 0.25) is 5.91 Å². The molecule has 2 amide bonds. The van der Waals surface area contributed by atoms with Crippen LogP contribution in [0, 0.1) is 17.7 Å². The van der Waals surface area contributed by atoms with E-state index in [1.807, 2.05) is 4.90 Å². The number of hydrogen-bond donors (Lipinski definition) is 0. The molecule has 2 aliphatic heterocycles. The lowest BCUT2D eigenvalue weighted by Crippen LogP contribution is -2.47. The number of carbonyl (C=O) groups excluding carboxylic acids is 2. The van der Waals surface area contributed by atoms with Crippen LogP contribution in [0.5, 0.6) is 0 Å². The molecule has 24 heavy (non-hydrogen) atoms. The van der Waals surface area contributed by atoms with Crippen LogP contribution in [0.2, 0.25) is 0 Å². The van der Waals surface area contributed by atoms with Gasteiger partial charge in [-0.3, -0.25) is 9.59 Å². The van der Waals surface area contributed by atoms with Gasteiger partial charge in [-0.05, 0) is 43.7 Å². The van der Waals surface area contributed by atoms with E-state index in [9.17, 15) is 14.0 Å². The standard InChI is InChI=1S/C19H25FN2O2/c1-14-5-4-10-22(13-14)18(23)15-8-11-21(12-9-15)19(24)16-6-2-3-7-17(16)20/h2-3,6-7,14-15H,4-5,8-13H2,1H3. The number of benzene rings is 1. The first-order valence-corrected chi connectivity index (χ1v) is 8.89. The lowest BCUT2D eigenvalue weighted by atomic mass is 9.92. The van der Waals surface area contributed by atoms with E-state index in [4.69, 9.17) is 0 Å². The van der Waals surface area contributed by atoms with Gasteiger partial charge in [-0.1, -0.05) is 19.1 Å². The molecule has 1 unspecified atom stereocenters. The Morgan fingerprint density at radius 1 is 1.04 bits per heavy atom. The van der Waals surface area contributed by atoms with Crippen LogP contribution in [0.15, 0.2) is 24.3 Å². The van der Waals surface area contributed by atoms with E-state index < -0.39 is 5.82 Å². The first-order chi connectivity index (χ1) is 11.6. The van der Waals surface area contributed by atoms with E-state index in [1.165, 1.54) is 18.6 Å². The van der Waals surface area contributed by atoms with E-state index in [0.717, 1.165) is 19.5 Å². The van der Waals surface area contributed by atoms with Crippen molar-refractivity contribution in [2.24, 2.45) is 11.8 Å². The van der Waals surface area contributed by atoms with Crippen LogP contribution in [0.4, 0.5) is 4.39 Å². The highest BCUT2D eigenvalue weighted by atomic mass is 19.1. The summed E-state index contributed by atoms with van der Waals surface area (Å²) in [5.74, 6) is 0.0542. The summed E-state index contributed by atoms with van der Waals surface area (Å²) in [6.45, 7) is 4.94. The summed E-state index contributed by atoms with van der Waals surface area (Å²) in [7, 11) is 0. The molecular weight excluding hydrogens is 307 g/mol. The van der Waals surface area contributed by atoms with Gasteiger partial charge in [-0.15, -0.1) is 0 Å². The Bertz CT molecular complexity index is 611. The van der Waals surface area contributed by atoms with Crippen molar-refractivity contribution in [3.05, 3.63) is 35.6 Å². The maximum atomic E-state index is 13.8. The number of nitrogens with zero attached hydrogens (tertiary/aromatic N) is 2. The zero-order chi connectivity index (χ0) is 17.1. The van der Waals surface area contributed by atoms with Gasteiger partial charge in [0.15, 0.2) is 0 Å². The van der Waals surface area contributed by atoms with Crippen molar-refractivity contribution in [2.45, 2.75) is 32.6 Å². The minimum absolute atomic E-state index is 0.0000275. The lowest BCUT2D eigenvalue weighted by molar-refractivity contribution is -0.138. The molecule has 0 N–H and O–H groups in total. The zero-order valence-electron chi connectivity index (χ0n) is 14.2. The fourth-order valence-corrected chi connectivity index (χ4v) is 3.78. The third-order valence-corrected chi connectivity index (χ3v) is 5.20. The van der Waals surface area contributed by atoms with Crippen LogP contribution in [-0.2, 0) is 4.79 Å². The summed E-state index contributed by atoms with van der Waals surface area (Å²) in [6, 6.07) is 6.08. The van der Waals surface area contributed by atoms with Crippen molar-refractivity contribution in [3.63, 3.8) is 0 Å². The molecule has 0 spiro atoms.